The molecule has 0 aliphatic rings. The van der Waals surface area contributed by atoms with Gasteiger partial charge in [0.1, 0.15) is 11.6 Å². The highest BCUT2D eigenvalue weighted by Gasteiger charge is 2.19. The van der Waals surface area contributed by atoms with Crippen LogP contribution in [-0.4, -0.2) is 19.3 Å². The van der Waals surface area contributed by atoms with Crippen LogP contribution in [0.3, 0.4) is 0 Å². The summed E-state index contributed by atoms with van der Waals surface area (Å²) in [6, 6.07) is 9.54. The van der Waals surface area contributed by atoms with Crippen LogP contribution in [-0.2, 0) is 0 Å². The van der Waals surface area contributed by atoms with Gasteiger partial charge in [-0.25, -0.2) is 4.39 Å². The van der Waals surface area contributed by atoms with Crippen LogP contribution in [0.5, 0.6) is 23.0 Å². The molecule has 5 heteroatoms. The lowest BCUT2D eigenvalue weighted by Crippen LogP contribution is -2.01. The molecule has 0 saturated heterocycles. The molecule has 0 aromatic heterocycles. The summed E-state index contributed by atoms with van der Waals surface area (Å²) in [5.41, 5.74) is 0.0884. The number of ether oxygens (including phenoxy) is 3. The van der Waals surface area contributed by atoms with Gasteiger partial charge in [-0.15, -0.1) is 0 Å². The van der Waals surface area contributed by atoms with Crippen molar-refractivity contribution < 1.29 is 23.7 Å². The van der Waals surface area contributed by atoms with Gasteiger partial charge in [0.05, 0.1) is 25.9 Å². The summed E-state index contributed by atoms with van der Waals surface area (Å²) < 4.78 is 30.1. The predicted molar refractivity (Wildman–Crippen MR) is 76.7 cm³/mol. The van der Waals surface area contributed by atoms with Crippen molar-refractivity contribution in [1.82, 2.24) is 0 Å². The van der Waals surface area contributed by atoms with Gasteiger partial charge in [0, 0.05) is 0 Å². The molecule has 0 saturated carbocycles. The van der Waals surface area contributed by atoms with Crippen molar-refractivity contribution in [2.75, 3.05) is 14.2 Å². The lowest BCUT2D eigenvalue weighted by Gasteiger charge is -2.17. The van der Waals surface area contributed by atoms with Gasteiger partial charge in [-0.05, 0) is 31.2 Å². The molecule has 0 aliphatic carbocycles. The number of hydrogen-bond acceptors (Lipinski definition) is 4. The maximum atomic E-state index is 13.9. The molecule has 1 atom stereocenters. The molecule has 21 heavy (non-hydrogen) atoms. The van der Waals surface area contributed by atoms with E-state index in [1.165, 1.54) is 33.3 Å². The van der Waals surface area contributed by atoms with Crippen LogP contribution in [0.25, 0.3) is 0 Å². The Morgan fingerprint density at radius 2 is 1.48 bits per heavy atom. The van der Waals surface area contributed by atoms with Gasteiger partial charge in [0.25, 0.3) is 0 Å². The Bertz CT molecular complexity index is 603. The lowest BCUT2D eigenvalue weighted by molar-refractivity contribution is 0.189. The van der Waals surface area contributed by atoms with Crippen LogP contribution < -0.4 is 14.2 Å². The molecule has 2 aromatic rings. The van der Waals surface area contributed by atoms with Crippen molar-refractivity contribution in [2.45, 2.75) is 13.0 Å². The van der Waals surface area contributed by atoms with Crippen LogP contribution in [0.15, 0.2) is 36.4 Å². The Kier molecular flexibility index (Phi) is 4.65. The topological polar surface area (TPSA) is 47.9 Å². The molecule has 2 aromatic carbocycles. The first-order valence-electron chi connectivity index (χ1n) is 6.43. The number of aliphatic hydroxyl groups excluding tert-OH is 1. The fourth-order valence-corrected chi connectivity index (χ4v) is 2.04. The van der Waals surface area contributed by atoms with E-state index in [4.69, 9.17) is 14.2 Å². The van der Waals surface area contributed by atoms with Crippen LogP contribution in [0.4, 0.5) is 4.39 Å². The number of rotatable bonds is 5. The summed E-state index contributed by atoms with van der Waals surface area (Å²) in [6.07, 6.45) is -0.998. The van der Waals surface area contributed by atoms with Gasteiger partial charge >= 0.3 is 0 Å². The molecule has 4 nitrogen and oxygen atoms in total. The first-order chi connectivity index (χ1) is 10.1. The quantitative estimate of drug-likeness (QED) is 0.913. The molecule has 1 N–H and O–H groups in total. The zero-order valence-electron chi connectivity index (χ0n) is 12.1. The minimum atomic E-state index is -0.998. The van der Waals surface area contributed by atoms with E-state index in [0.717, 1.165) is 0 Å². The van der Waals surface area contributed by atoms with Crippen molar-refractivity contribution in [1.29, 1.82) is 0 Å². The molecule has 0 bridgehead atoms. The van der Waals surface area contributed by atoms with E-state index in [-0.39, 0.29) is 11.3 Å². The third-order valence-corrected chi connectivity index (χ3v) is 3.03. The van der Waals surface area contributed by atoms with Gasteiger partial charge in [0.15, 0.2) is 11.5 Å². The lowest BCUT2D eigenvalue weighted by atomic mass is 10.1. The van der Waals surface area contributed by atoms with Gasteiger partial charge < -0.3 is 19.3 Å². The number of halogens is 1. The van der Waals surface area contributed by atoms with Gasteiger partial charge in [0.2, 0.25) is 5.75 Å². The van der Waals surface area contributed by atoms with Crippen molar-refractivity contribution in [2.24, 2.45) is 0 Å². The van der Waals surface area contributed by atoms with Crippen molar-refractivity contribution in [3.05, 3.63) is 47.8 Å². The van der Waals surface area contributed by atoms with E-state index in [1.54, 1.807) is 24.3 Å². The smallest absolute Gasteiger partial charge is 0.211 e. The normalized spacial score (nSPS) is 11.9. The van der Waals surface area contributed by atoms with E-state index in [0.29, 0.717) is 17.2 Å². The first-order valence-corrected chi connectivity index (χ1v) is 6.43. The summed E-state index contributed by atoms with van der Waals surface area (Å²) in [4.78, 5) is 0. The Labute approximate surface area is 122 Å². The molecule has 0 aliphatic heterocycles. The first kappa shape index (κ1) is 15.1. The van der Waals surface area contributed by atoms with Crippen LogP contribution in [0.2, 0.25) is 0 Å². The second-order valence-electron chi connectivity index (χ2n) is 4.42. The molecule has 2 rings (SSSR count). The average molecular weight is 292 g/mol. The molecule has 0 amide bonds. The number of para-hydroxylation sites is 1. The molecule has 0 radical (unpaired) electrons. The third kappa shape index (κ3) is 3.08. The van der Waals surface area contributed by atoms with Crippen LogP contribution in [0.1, 0.15) is 18.6 Å². The predicted octanol–water partition coefficient (Wildman–Crippen LogP) is 3.69. The van der Waals surface area contributed by atoms with E-state index < -0.39 is 11.9 Å². The van der Waals surface area contributed by atoms with Gasteiger partial charge in [-0.1, -0.05) is 12.1 Å². The summed E-state index contributed by atoms with van der Waals surface area (Å²) in [5, 5.41) is 9.73. The zero-order chi connectivity index (χ0) is 15.4. The number of aliphatic hydroxyl groups is 1. The minimum Gasteiger partial charge on any atom is -0.493 e. The summed E-state index contributed by atoms with van der Waals surface area (Å²) in [7, 11) is 3.01. The second kappa shape index (κ2) is 6.45. The van der Waals surface area contributed by atoms with Crippen molar-refractivity contribution in [3.8, 4) is 23.0 Å². The van der Waals surface area contributed by atoms with E-state index in [2.05, 4.69) is 0 Å². The van der Waals surface area contributed by atoms with Crippen LogP contribution >= 0.6 is 0 Å². The zero-order valence-corrected chi connectivity index (χ0v) is 12.1. The highest BCUT2D eigenvalue weighted by atomic mass is 19.1. The fraction of sp³-hybridized carbons (Fsp3) is 0.250. The molecular weight excluding hydrogens is 275 g/mol. The molecule has 0 spiro atoms. The SMILES string of the molecule is COc1cccc(OC)c1Oc1cccc(F)c1C(C)O. The third-order valence-electron chi connectivity index (χ3n) is 3.03. The summed E-state index contributed by atoms with van der Waals surface area (Å²) >= 11 is 0. The van der Waals surface area contributed by atoms with Crippen molar-refractivity contribution in [3.63, 3.8) is 0 Å². The largest absolute Gasteiger partial charge is 0.493 e. The Hall–Kier alpha value is -2.27. The molecule has 0 heterocycles. The summed E-state index contributed by atoms with van der Waals surface area (Å²) in [6.45, 7) is 1.48. The molecule has 0 fully saturated rings. The van der Waals surface area contributed by atoms with Crippen molar-refractivity contribution >= 4 is 0 Å². The van der Waals surface area contributed by atoms with E-state index in [1.807, 2.05) is 0 Å². The Morgan fingerprint density at radius 3 is 2.00 bits per heavy atom. The highest BCUT2D eigenvalue weighted by molar-refractivity contribution is 5.54. The average Bonchev–Trinajstić information content (AvgIpc) is 2.47. The van der Waals surface area contributed by atoms with Crippen LogP contribution in [0, 0.1) is 5.82 Å². The maximum absolute atomic E-state index is 13.9. The van der Waals surface area contributed by atoms with E-state index >= 15 is 0 Å². The molecular formula is C16H17FO4. The van der Waals surface area contributed by atoms with Gasteiger partial charge in [-0.3, -0.25) is 0 Å². The Morgan fingerprint density at radius 1 is 0.952 bits per heavy atom. The van der Waals surface area contributed by atoms with E-state index in [9.17, 15) is 9.50 Å². The van der Waals surface area contributed by atoms with Gasteiger partial charge in [-0.2, -0.15) is 0 Å². The highest BCUT2D eigenvalue weighted by Crippen LogP contribution is 2.42. The molecule has 112 valence electrons. The second-order valence-corrected chi connectivity index (χ2v) is 4.42. The standard InChI is InChI=1S/C16H17FO4/c1-10(18)15-11(17)6-4-7-12(15)21-16-13(19-2)8-5-9-14(16)20-3/h4-10,18H,1-3H3. The number of methoxy groups -OCH3 is 2. The monoisotopic (exact) mass is 292 g/mol. The minimum absolute atomic E-state index is 0.0884. The maximum Gasteiger partial charge on any atom is 0.211 e. The fourth-order valence-electron chi connectivity index (χ4n) is 2.04. The molecule has 1 unspecified atom stereocenters. The number of hydrogen-bond donors (Lipinski definition) is 1. The Balaban J connectivity index is 2.50. The summed E-state index contributed by atoms with van der Waals surface area (Å²) in [5.74, 6) is 0.921. The number of benzene rings is 2.